The molecule has 0 bridgehead atoms. The zero-order chi connectivity index (χ0) is 24.6. The van der Waals surface area contributed by atoms with Gasteiger partial charge in [-0.3, -0.25) is 0 Å². The minimum Gasteiger partial charge on any atom is -0.0843 e. The van der Waals surface area contributed by atoms with E-state index in [9.17, 15) is 0 Å². The van der Waals surface area contributed by atoms with Crippen LogP contribution in [0.1, 0.15) is 22.3 Å². The van der Waals surface area contributed by atoms with E-state index in [0.29, 0.717) is 0 Å². The van der Waals surface area contributed by atoms with Crippen molar-refractivity contribution in [2.24, 2.45) is 0 Å². The monoisotopic (exact) mass is 530 g/mol. The Morgan fingerprint density at radius 1 is 0.405 bits per heavy atom. The zero-order valence-corrected chi connectivity index (χ0v) is 21.8. The summed E-state index contributed by atoms with van der Waals surface area (Å²) in [5.74, 6) is 0. The van der Waals surface area contributed by atoms with E-state index in [1.54, 1.807) is 0 Å². The molecule has 0 saturated heterocycles. The van der Waals surface area contributed by atoms with Crippen molar-refractivity contribution in [2.75, 3.05) is 0 Å². The number of rotatable bonds is 0. The second-order valence-corrected chi connectivity index (χ2v) is 11.7. The molecular formula is C34H17Cl3. The summed E-state index contributed by atoms with van der Waals surface area (Å²) >= 11 is 20.8. The van der Waals surface area contributed by atoms with Crippen LogP contribution in [0, 0.1) is 0 Å². The fourth-order valence-corrected chi connectivity index (χ4v) is 7.97. The van der Waals surface area contributed by atoms with Crippen LogP contribution in [0.25, 0.3) is 65.3 Å². The van der Waals surface area contributed by atoms with Gasteiger partial charge in [0.1, 0.15) is 0 Å². The van der Waals surface area contributed by atoms with Crippen LogP contribution in [0.4, 0.5) is 0 Å². The lowest BCUT2D eigenvalue weighted by Crippen LogP contribution is -2.04. The highest BCUT2D eigenvalue weighted by Crippen LogP contribution is 2.54. The molecule has 0 unspecified atom stereocenters. The SMILES string of the molecule is Clc1ccc2c(c1)Cc1ccc3c4ccc5c6c(cc(Cl)c(c7c(Cl)cc-2c1c37)c64)-c1ccccc1C5. The van der Waals surface area contributed by atoms with E-state index in [-0.39, 0.29) is 0 Å². The molecular weight excluding hydrogens is 515 g/mol. The van der Waals surface area contributed by atoms with E-state index in [0.717, 1.165) is 38.7 Å². The molecule has 0 aliphatic heterocycles. The minimum absolute atomic E-state index is 0.744. The molecule has 0 radical (unpaired) electrons. The number of hydrogen-bond acceptors (Lipinski definition) is 0. The lowest BCUT2D eigenvalue weighted by atomic mass is 9.77. The molecule has 0 N–H and O–H groups in total. The summed E-state index contributed by atoms with van der Waals surface area (Å²) in [6.07, 6.45) is 1.78. The van der Waals surface area contributed by atoms with Gasteiger partial charge in [-0.15, -0.1) is 0 Å². The third-order valence-electron chi connectivity index (χ3n) is 8.61. The van der Waals surface area contributed by atoms with Crippen LogP contribution in [0.3, 0.4) is 0 Å². The first kappa shape index (κ1) is 20.7. The van der Waals surface area contributed by atoms with E-state index in [1.165, 1.54) is 76.8 Å². The van der Waals surface area contributed by atoms with Crippen LogP contribution in [0.15, 0.2) is 78.9 Å². The highest BCUT2D eigenvalue weighted by atomic mass is 35.5. The third-order valence-corrected chi connectivity index (χ3v) is 9.44. The molecule has 7 aromatic carbocycles. The number of benzene rings is 7. The summed E-state index contributed by atoms with van der Waals surface area (Å²) in [5, 5.41) is 11.9. The van der Waals surface area contributed by atoms with Crippen LogP contribution in [-0.2, 0) is 12.8 Å². The van der Waals surface area contributed by atoms with Crippen molar-refractivity contribution in [1.82, 2.24) is 0 Å². The van der Waals surface area contributed by atoms with Gasteiger partial charge in [-0.25, -0.2) is 0 Å². The van der Waals surface area contributed by atoms with Crippen molar-refractivity contribution in [3.05, 3.63) is 116 Å². The molecule has 0 fully saturated rings. The Morgan fingerprint density at radius 3 is 1.62 bits per heavy atom. The molecule has 0 amide bonds. The third kappa shape index (κ3) is 2.52. The van der Waals surface area contributed by atoms with Gasteiger partial charge in [0.25, 0.3) is 0 Å². The van der Waals surface area contributed by atoms with Crippen molar-refractivity contribution in [1.29, 1.82) is 0 Å². The molecule has 0 atom stereocenters. The van der Waals surface area contributed by atoms with Gasteiger partial charge in [-0.2, -0.15) is 0 Å². The van der Waals surface area contributed by atoms with E-state index < -0.39 is 0 Å². The molecule has 0 spiro atoms. The fraction of sp³-hybridized carbons (Fsp3) is 0.0588. The standard InChI is InChI=1S/C34H17Cl3/c35-20-7-10-22-19(13-20)12-18-6-9-24-23-8-5-17-11-16-3-1-2-4-21(16)25-14-27(36)33(31(23)29(17)25)34-28(37)15-26(22)30(18)32(24)34/h1-10,13-15H,11-12H2. The topological polar surface area (TPSA) is 0 Å². The Morgan fingerprint density at radius 2 is 0.973 bits per heavy atom. The van der Waals surface area contributed by atoms with Gasteiger partial charge in [-0.1, -0.05) is 89.4 Å². The fourth-order valence-electron chi connectivity index (χ4n) is 7.18. The van der Waals surface area contributed by atoms with Crippen molar-refractivity contribution in [3.8, 4) is 22.3 Å². The Kier molecular flexibility index (Phi) is 3.90. The smallest absolute Gasteiger partial charge is 0.0498 e. The summed E-state index contributed by atoms with van der Waals surface area (Å²) in [6.45, 7) is 0. The Hall–Kier alpha value is -3.29. The molecule has 37 heavy (non-hydrogen) atoms. The van der Waals surface area contributed by atoms with Crippen molar-refractivity contribution in [2.45, 2.75) is 12.8 Å². The van der Waals surface area contributed by atoms with Gasteiger partial charge in [0, 0.05) is 25.8 Å². The predicted octanol–water partition coefficient (Wildman–Crippen LogP) is 10.8. The van der Waals surface area contributed by atoms with E-state index in [1.807, 2.05) is 6.07 Å². The molecule has 2 aliphatic carbocycles. The summed E-state index contributed by atoms with van der Waals surface area (Å²) in [4.78, 5) is 0. The maximum Gasteiger partial charge on any atom is 0.0498 e. The largest absolute Gasteiger partial charge is 0.0843 e. The maximum absolute atomic E-state index is 7.21. The van der Waals surface area contributed by atoms with Gasteiger partial charge in [0.05, 0.1) is 0 Å². The summed E-state index contributed by atoms with van der Waals surface area (Å²) in [5.41, 5.74) is 10.1. The van der Waals surface area contributed by atoms with Crippen LogP contribution >= 0.6 is 34.8 Å². The van der Waals surface area contributed by atoms with Gasteiger partial charge < -0.3 is 0 Å². The quantitative estimate of drug-likeness (QED) is 0.135. The van der Waals surface area contributed by atoms with Gasteiger partial charge >= 0.3 is 0 Å². The average molecular weight is 532 g/mol. The summed E-state index contributed by atoms with van der Waals surface area (Å²) in [6, 6.07) is 28.4. The summed E-state index contributed by atoms with van der Waals surface area (Å²) in [7, 11) is 0. The molecule has 2 aliphatic rings. The Balaban J connectivity index is 1.54. The zero-order valence-electron chi connectivity index (χ0n) is 19.6. The highest BCUT2D eigenvalue weighted by Gasteiger charge is 2.28. The lowest BCUT2D eigenvalue weighted by Gasteiger charge is -2.27. The molecule has 3 heteroatoms. The second kappa shape index (κ2) is 6.97. The van der Waals surface area contributed by atoms with E-state index >= 15 is 0 Å². The van der Waals surface area contributed by atoms with E-state index in [2.05, 4.69) is 72.8 Å². The molecule has 0 aromatic heterocycles. The highest BCUT2D eigenvalue weighted by molar-refractivity contribution is 6.49. The average Bonchev–Trinajstić information content (AvgIpc) is 2.90. The first-order valence-electron chi connectivity index (χ1n) is 12.5. The molecule has 9 rings (SSSR count). The van der Waals surface area contributed by atoms with Gasteiger partial charge in [-0.05, 0) is 114 Å². The van der Waals surface area contributed by atoms with Crippen LogP contribution in [-0.4, -0.2) is 0 Å². The maximum atomic E-state index is 7.21. The minimum atomic E-state index is 0.744. The predicted molar refractivity (Wildman–Crippen MR) is 159 cm³/mol. The molecule has 7 aromatic rings. The number of fused-ring (bicyclic) bond motifs is 6. The number of hydrogen-bond donors (Lipinski definition) is 0. The van der Waals surface area contributed by atoms with Crippen molar-refractivity contribution < 1.29 is 0 Å². The molecule has 0 nitrogen and oxygen atoms in total. The van der Waals surface area contributed by atoms with Crippen LogP contribution in [0.2, 0.25) is 15.1 Å². The first-order chi connectivity index (χ1) is 18.1. The molecule has 0 saturated carbocycles. The second-order valence-electron chi connectivity index (χ2n) is 10.4. The van der Waals surface area contributed by atoms with E-state index in [4.69, 9.17) is 34.8 Å². The summed E-state index contributed by atoms with van der Waals surface area (Å²) < 4.78 is 0. The Bertz CT molecular complexity index is 2170. The first-order valence-corrected chi connectivity index (χ1v) is 13.7. The van der Waals surface area contributed by atoms with Crippen molar-refractivity contribution >= 4 is 77.9 Å². The van der Waals surface area contributed by atoms with Gasteiger partial charge in [0.2, 0.25) is 0 Å². The van der Waals surface area contributed by atoms with Crippen LogP contribution in [0.5, 0.6) is 0 Å². The molecule has 174 valence electrons. The number of halogens is 3. The lowest BCUT2D eigenvalue weighted by molar-refractivity contribution is 1.20. The Labute approximate surface area is 228 Å². The van der Waals surface area contributed by atoms with Gasteiger partial charge in [0.15, 0.2) is 0 Å². The van der Waals surface area contributed by atoms with Crippen molar-refractivity contribution in [3.63, 3.8) is 0 Å². The molecule has 0 heterocycles. The normalized spacial score (nSPS) is 13.6. The van der Waals surface area contributed by atoms with Crippen LogP contribution < -0.4 is 0 Å².